The molecule has 3 unspecified atom stereocenters. The van der Waals surface area contributed by atoms with Gasteiger partial charge in [0.2, 0.25) is 0 Å². The van der Waals surface area contributed by atoms with Crippen LogP contribution in [-0.4, -0.2) is 19.3 Å². The lowest BCUT2D eigenvalue weighted by molar-refractivity contribution is -0.00908. The van der Waals surface area contributed by atoms with Crippen molar-refractivity contribution in [3.8, 4) is 0 Å². The first-order valence-corrected chi connectivity index (χ1v) is 8.09. The van der Waals surface area contributed by atoms with Crippen molar-refractivity contribution in [2.75, 3.05) is 13.2 Å². The first-order valence-electron chi connectivity index (χ1n) is 8.09. The van der Waals surface area contributed by atoms with E-state index in [9.17, 15) is 0 Å². The number of ether oxygens (including phenoxy) is 1. The molecule has 3 atom stereocenters. The van der Waals surface area contributed by atoms with Gasteiger partial charge in [0.05, 0.1) is 18.8 Å². The van der Waals surface area contributed by atoms with E-state index in [1.54, 1.807) is 0 Å². The fourth-order valence-corrected chi connectivity index (χ4v) is 3.45. The van der Waals surface area contributed by atoms with Crippen molar-refractivity contribution in [2.45, 2.75) is 52.2 Å². The maximum atomic E-state index is 6.23. The lowest BCUT2D eigenvalue weighted by Gasteiger charge is -2.32. The number of benzene rings is 1. The summed E-state index contributed by atoms with van der Waals surface area (Å²) in [5.74, 6) is 1.61. The molecule has 2 heteroatoms. The molecule has 0 bridgehead atoms. The Hall–Kier alpha value is -0.860. The highest BCUT2D eigenvalue weighted by Gasteiger charge is 2.25. The van der Waals surface area contributed by atoms with E-state index in [0.29, 0.717) is 12.1 Å². The largest absolute Gasteiger partial charge is 0.376 e. The monoisotopic (exact) mass is 275 g/mol. The Kier molecular flexibility index (Phi) is 6.06. The molecule has 20 heavy (non-hydrogen) atoms. The van der Waals surface area contributed by atoms with Gasteiger partial charge in [0.1, 0.15) is 0 Å². The summed E-state index contributed by atoms with van der Waals surface area (Å²) >= 11 is 0. The highest BCUT2D eigenvalue weighted by Crippen LogP contribution is 2.30. The smallest absolute Gasteiger partial charge is 0.0665 e. The molecule has 0 spiro atoms. The number of nitrogens with one attached hydrogen (secondary N) is 1. The summed E-state index contributed by atoms with van der Waals surface area (Å²) in [5.41, 5.74) is 1.33. The van der Waals surface area contributed by atoms with Gasteiger partial charge in [-0.05, 0) is 43.2 Å². The van der Waals surface area contributed by atoms with E-state index in [1.165, 1.54) is 24.8 Å². The molecular formula is C18H29NO. The fourth-order valence-electron chi connectivity index (χ4n) is 3.45. The van der Waals surface area contributed by atoms with Crippen LogP contribution in [0, 0.1) is 11.8 Å². The number of hydrogen-bond acceptors (Lipinski definition) is 2. The first-order chi connectivity index (χ1) is 9.69. The Balaban J connectivity index is 1.89. The Morgan fingerprint density at radius 2 is 1.75 bits per heavy atom. The van der Waals surface area contributed by atoms with Crippen LogP contribution in [0.1, 0.15) is 51.6 Å². The zero-order valence-corrected chi connectivity index (χ0v) is 13.1. The lowest BCUT2D eigenvalue weighted by Crippen LogP contribution is -2.31. The summed E-state index contributed by atoms with van der Waals surface area (Å²) < 4.78 is 6.23. The van der Waals surface area contributed by atoms with Crippen molar-refractivity contribution in [3.05, 3.63) is 35.9 Å². The predicted octanol–water partition coefficient (Wildman–Crippen LogP) is 4.18. The van der Waals surface area contributed by atoms with Crippen molar-refractivity contribution in [3.63, 3.8) is 0 Å². The lowest BCUT2D eigenvalue weighted by atomic mass is 9.82. The molecule has 1 N–H and O–H groups in total. The van der Waals surface area contributed by atoms with E-state index in [1.807, 2.05) is 0 Å². The molecule has 1 aliphatic rings. The van der Waals surface area contributed by atoms with Crippen LogP contribution in [0.2, 0.25) is 0 Å². The Labute approximate surface area is 123 Å². The summed E-state index contributed by atoms with van der Waals surface area (Å²) in [6.45, 7) is 8.61. The summed E-state index contributed by atoms with van der Waals surface area (Å²) in [4.78, 5) is 0. The van der Waals surface area contributed by atoms with Crippen LogP contribution in [0.4, 0.5) is 0 Å². The minimum absolute atomic E-state index is 0.314. The van der Waals surface area contributed by atoms with Crippen LogP contribution >= 0.6 is 0 Å². The highest BCUT2D eigenvalue weighted by atomic mass is 16.5. The van der Waals surface area contributed by atoms with Crippen molar-refractivity contribution >= 4 is 0 Å². The van der Waals surface area contributed by atoms with E-state index in [2.05, 4.69) is 56.4 Å². The van der Waals surface area contributed by atoms with E-state index in [4.69, 9.17) is 4.74 Å². The van der Waals surface area contributed by atoms with E-state index in [0.717, 1.165) is 25.0 Å². The summed E-state index contributed by atoms with van der Waals surface area (Å²) in [5, 5.41) is 3.54. The average molecular weight is 275 g/mol. The molecule has 1 fully saturated rings. The molecule has 2 rings (SSSR count). The maximum Gasteiger partial charge on any atom is 0.0665 e. The molecule has 112 valence electrons. The van der Waals surface area contributed by atoms with Crippen LogP contribution in [0.25, 0.3) is 0 Å². The van der Waals surface area contributed by atoms with Gasteiger partial charge >= 0.3 is 0 Å². The molecule has 0 saturated heterocycles. The van der Waals surface area contributed by atoms with Crippen LogP contribution in [0.5, 0.6) is 0 Å². The summed E-state index contributed by atoms with van der Waals surface area (Å²) in [6, 6.07) is 11.0. The van der Waals surface area contributed by atoms with Crippen LogP contribution in [-0.2, 0) is 4.74 Å². The van der Waals surface area contributed by atoms with E-state index < -0.39 is 0 Å². The van der Waals surface area contributed by atoms with Gasteiger partial charge in [-0.25, -0.2) is 0 Å². The Morgan fingerprint density at radius 3 is 2.35 bits per heavy atom. The second-order valence-electron chi connectivity index (χ2n) is 6.39. The van der Waals surface area contributed by atoms with Gasteiger partial charge < -0.3 is 10.1 Å². The van der Waals surface area contributed by atoms with Gasteiger partial charge in [-0.3, -0.25) is 0 Å². The second kappa shape index (κ2) is 7.80. The first kappa shape index (κ1) is 15.5. The van der Waals surface area contributed by atoms with Crippen molar-refractivity contribution < 1.29 is 4.74 Å². The number of likely N-dealkylation sites (N-methyl/N-ethyl adjacent to an activating group) is 1. The van der Waals surface area contributed by atoms with Gasteiger partial charge in [-0.2, -0.15) is 0 Å². The predicted molar refractivity (Wildman–Crippen MR) is 84.8 cm³/mol. The third kappa shape index (κ3) is 4.60. The summed E-state index contributed by atoms with van der Waals surface area (Å²) in [7, 11) is 0. The van der Waals surface area contributed by atoms with Crippen LogP contribution in [0.3, 0.4) is 0 Å². The van der Waals surface area contributed by atoms with E-state index in [-0.39, 0.29) is 0 Å². The summed E-state index contributed by atoms with van der Waals surface area (Å²) in [6.07, 6.45) is 4.24. The number of hydrogen-bond donors (Lipinski definition) is 1. The number of rotatable bonds is 6. The Bertz CT molecular complexity index is 368. The molecule has 0 amide bonds. The molecule has 0 radical (unpaired) electrons. The molecule has 1 aliphatic carbocycles. The molecule has 0 aliphatic heterocycles. The molecule has 0 heterocycles. The van der Waals surface area contributed by atoms with Gasteiger partial charge in [0, 0.05) is 0 Å². The third-order valence-electron chi connectivity index (χ3n) is 4.29. The topological polar surface area (TPSA) is 21.3 Å². The minimum Gasteiger partial charge on any atom is -0.376 e. The van der Waals surface area contributed by atoms with Crippen LogP contribution < -0.4 is 5.32 Å². The zero-order valence-electron chi connectivity index (χ0n) is 13.1. The fraction of sp³-hybridized carbons (Fsp3) is 0.667. The standard InChI is InChI=1S/C18H29NO/c1-4-19-18(16-8-6-5-7-9-16)13-20-17-11-14(2)10-15(3)12-17/h5-9,14-15,17-19H,4,10-13H2,1-3H3. The van der Waals surface area contributed by atoms with Crippen molar-refractivity contribution in [1.29, 1.82) is 0 Å². The second-order valence-corrected chi connectivity index (χ2v) is 6.39. The molecule has 0 aromatic heterocycles. The molecule has 2 nitrogen and oxygen atoms in total. The molecule has 1 aromatic rings. The van der Waals surface area contributed by atoms with Crippen LogP contribution in [0.15, 0.2) is 30.3 Å². The average Bonchev–Trinajstić information content (AvgIpc) is 2.43. The maximum absolute atomic E-state index is 6.23. The van der Waals surface area contributed by atoms with Crippen molar-refractivity contribution in [2.24, 2.45) is 11.8 Å². The quantitative estimate of drug-likeness (QED) is 0.841. The SMILES string of the molecule is CCNC(COC1CC(C)CC(C)C1)c1ccccc1. The zero-order chi connectivity index (χ0) is 14.4. The normalized spacial score (nSPS) is 28.2. The van der Waals surface area contributed by atoms with Gasteiger partial charge in [-0.1, -0.05) is 51.1 Å². The molecular weight excluding hydrogens is 246 g/mol. The van der Waals surface area contributed by atoms with Gasteiger partial charge in [-0.15, -0.1) is 0 Å². The third-order valence-corrected chi connectivity index (χ3v) is 4.29. The van der Waals surface area contributed by atoms with E-state index >= 15 is 0 Å². The Morgan fingerprint density at radius 1 is 1.10 bits per heavy atom. The molecule has 1 saturated carbocycles. The molecule has 1 aromatic carbocycles. The van der Waals surface area contributed by atoms with Crippen molar-refractivity contribution in [1.82, 2.24) is 5.32 Å². The minimum atomic E-state index is 0.314. The van der Waals surface area contributed by atoms with Gasteiger partial charge in [0.15, 0.2) is 0 Å². The highest BCUT2D eigenvalue weighted by molar-refractivity contribution is 5.18. The van der Waals surface area contributed by atoms with Gasteiger partial charge in [0.25, 0.3) is 0 Å².